The minimum absolute atomic E-state index is 0.182. The van der Waals surface area contributed by atoms with Crippen LogP contribution in [0.5, 0.6) is 0 Å². The van der Waals surface area contributed by atoms with Crippen molar-refractivity contribution in [1.29, 1.82) is 0 Å². The van der Waals surface area contributed by atoms with E-state index < -0.39 is 0 Å². The van der Waals surface area contributed by atoms with Crippen molar-refractivity contribution < 1.29 is 4.79 Å². The van der Waals surface area contributed by atoms with Crippen LogP contribution in [-0.4, -0.2) is 51.9 Å². The molecule has 0 atom stereocenters. The first-order chi connectivity index (χ1) is 18.3. The highest BCUT2D eigenvalue weighted by Crippen LogP contribution is 2.23. The molecule has 2 aromatic heterocycles. The number of rotatable bonds is 7. The second-order valence-corrected chi connectivity index (χ2v) is 8.32. The fourth-order valence-electron chi connectivity index (χ4n) is 3.29. The van der Waals surface area contributed by atoms with Crippen LogP contribution in [0.25, 0.3) is 22.4 Å². The summed E-state index contributed by atoms with van der Waals surface area (Å²) in [5, 5.41) is 0. The van der Waals surface area contributed by atoms with Gasteiger partial charge in [0.15, 0.2) is 5.96 Å². The Kier molecular flexibility index (Phi) is 15.2. The van der Waals surface area contributed by atoms with Crippen LogP contribution in [0.1, 0.15) is 38.4 Å². The SMILES string of the molecule is CC.CCCN=C(N)N.CN(C=O)CCc1ccccn1.Cc1ccc2c(c1)nc(-c1ccccc1)n2C. The standard InChI is InChI=1S/C15H14N2.C9H12N2O.C4H11N3.C2H6/c1-11-8-9-14-13(10-11)16-15(17(14)2)12-6-4-3-5-7-12;1-11(8-12)7-5-9-4-2-3-6-10-9;1-2-3-7-4(5)6;1-2/h3-10H,1-2H3;2-4,6,8H,5,7H2,1H3;2-3H2,1H3,(H4,5,6,7);1-2H3. The Morgan fingerprint density at radius 3 is 2.29 bits per heavy atom. The van der Waals surface area contributed by atoms with Crippen LogP contribution in [0.3, 0.4) is 0 Å². The summed E-state index contributed by atoms with van der Waals surface area (Å²) < 4.78 is 2.14. The molecule has 0 fully saturated rings. The number of hydrogen-bond donors (Lipinski definition) is 2. The van der Waals surface area contributed by atoms with Crippen LogP contribution < -0.4 is 11.5 Å². The number of fused-ring (bicyclic) bond motifs is 1. The van der Waals surface area contributed by atoms with Gasteiger partial charge in [-0.05, 0) is 43.2 Å². The number of aryl methyl sites for hydroxylation is 2. The van der Waals surface area contributed by atoms with Crippen LogP contribution in [-0.2, 0) is 18.3 Å². The third-order valence-corrected chi connectivity index (χ3v) is 5.21. The molecule has 0 spiro atoms. The predicted octanol–water partition coefficient (Wildman–Crippen LogP) is 4.96. The Hall–Kier alpha value is -4.20. The summed E-state index contributed by atoms with van der Waals surface area (Å²) in [5.74, 6) is 1.20. The lowest BCUT2D eigenvalue weighted by Gasteiger charge is -2.08. The van der Waals surface area contributed by atoms with Crippen molar-refractivity contribution in [2.45, 2.75) is 40.5 Å². The Bertz CT molecular complexity index is 1220. The number of aromatic nitrogens is 3. The number of pyridine rings is 1. The molecule has 1 amide bonds. The van der Waals surface area contributed by atoms with Crippen molar-refractivity contribution in [3.8, 4) is 11.4 Å². The summed E-state index contributed by atoms with van der Waals surface area (Å²) in [6, 6.07) is 22.5. The number of benzene rings is 2. The molecule has 2 heterocycles. The van der Waals surface area contributed by atoms with Gasteiger partial charge in [0.05, 0.1) is 11.0 Å². The van der Waals surface area contributed by atoms with E-state index in [4.69, 9.17) is 16.5 Å². The third-order valence-electron chi connectivity index (χ3n) is 5.21. The van der Waals surface area contributed by atoms with Crippen LogP contribution in [0.4, 0.5) is 0 Å². The molecule has 0 unspecified atom stereocenters. The first kappa shape index (κ1) is 31.8. The van der Waals surface area contributed by atoms with Gasteiger partial charge in [-0.15, -0.1) is 0 Å². The molecule has 0 bridgehead atoms. The molecule has 0 saturated heterocycles. The Balaban J connectivity index is 0.000000302. The molecular weight excluding hydrogens is 474 g/mol. The van der Waals surface area contributed by atoms with E-state index in [9.17, 15) is 4.79 Å². The topological polar surface area (TPSA) is 115 Å². The van der Waals surface area contributed by atoms with Crippen LogP contribution in [0, 0.1) is 6.92 Å². The lowest BCUT2D eigenvalue weighted by Crippen LogP contribution is -2.22. The maximum absolute atomic E-state index is 10.2. The zero-order chi connectivity index (χ0) is 28.3. The Morgan fingerprint density at radius 2 is 1.74 bits per heavy atom. The van der Waals surface area contributed by atoms with Gasteiger partial charge in [0, 0.05) is 51.1 Å². The van der Waals surface area contributed by atoms with Gasteiger partial charge < -0.3 is 20.9 Å². The van der Waals surface area contributed by atoms with Crippen molar-refractivity contribution in [1.82, 2.24) is 19.4 Å². The molecule has 8 nitrogen and oxygen atoms in total. The van der Waals surface area contributed by atoms with E-state index in [1.165, 1.54) is 11.1 Å². The number of carbonyl (C=O) groups is 1. The summed E-state index contributed by atoms with van der Waals surface area (Å²) in [6.45, 7) is 9.57. The van der Waals surface area contributed by atoms with Gasteiger partial charge in [-0.1, -0.05) is 63.2 Å². The second-order valence-electron chi connectivity index (χ2n) is 8.32. The molecular formula is C30H43N7O. The van der Waals surface area contributed by atoms with Gasteiger partial charge in [0.1, 0.15) is 5.82 Å². The zero-order valence-electron chi connectivity index (χ0n) is 23.6. The summed E-state index contributed by atoms with van der Waals surface area (Å²) in [7, 11) is 3.82. The summed E-state index contributed by atoms with van der Waals surface area (Å²) in [4.78, 5) is 24.4. The van der Waals surface area contributed by atoms with E-state index >= 15 is 0 Å². The largest absolute Gasteiger partial charge is 0.370 e. The van der Waals surface area contributed by atoms with Crippen molar-refractivity contribution in [3.63, 3.8) is 0 Å². The average molecular weight is 518 g/mol. The number of imidazole rings is 1. The van der Waals surface area contributed by atoms with Crippen molar-refractivity contribution in [2.24, 2.45) is 23.5 Å². The summed E-state index contributed by atoms with van der Waals surface area (Å²) in [5.41, 5.74) is 15.7. The van der Waals surface area contributed by atoms with Gasteiger partial charge in [0.25, 0.3) is 0 Å². The van der Waals surface area contributed by atoms with Crippen molar-refractivity contribution in [2.75, 3.05) is 20.1 Å². The second kappa shape index (κ2) is 18.1. The van der Waals surface area contributed by atoms with Crippen LogP contribution >= 0.6 is 0 Å². The van der Waals surface area contributed by atoms with Gasteiger partial charge in [-0.3, -0.25) is 14.8 Å². The molecule has 4 aromatic rings. The van der Waals surface area contributed by atoms with E-state index in [1.807, 2.05) is 57.2 Å². The number of likely N-dealkylation sites (N-methyl/N-ethyl adjacent to an activating group) is 1. The lowest BCUT2D eigenvalue weighted by atomic mass is 10.2. The lowest BCUT2D eigenvalue weighted by molar-refractivity contribution is -0.116. The maximum atomic E-state index is 10.2. The number of nitrogens with zero attached hydrogens (tertiary/aromatic N) is 5. The minimum Gasteiger partial charge on any atom is -0.370 e. The monoisotopic (exact) mass is 517 g/mol. The molecule has 38 heavy (non-hydrogen) atoms. The van der Waals surface area contributed by atoms with Crippen LogP contribution in [0.2, 0.25) is 0 Å². The number of amides is 1. The fourth-order valence-corrected chi connectivity index (χ4v) is 3.29. The molecule has 8 heteroatoms. The molecule has 0 saturated carbocycles. The van der Waals surface area contributed by atoms with E-state index in [0.29, 0.717) is 0 Å². The quantitative estimate of drug-likeness (QED) is 0.204. The summed E-state index contributed by atoms with van der Waals surface area (Å²) >= 11 is 0. The maximum Gasteiger partial charge on any atom is 0.209 e. The van der Waals surface area contributed by atoms with Gasteiger partial charge >= 0.3 is 0 Å². The molecule has 204 valence electrons. The van der Waals surface area contributed by atoms with Crippen LogP contribution in [0.15, 0.2) is 77.9 Å². The number of nitrogens with two attached hydrogens (primary N) is 2. The molecule has 2 aromatic carbocycles. The van der Waals surface area contributed by atoms with Crippen molar-refractivity contribution in [3.05, 3.63) is 84.2 Å². The molecule has 0 aliphatic heterocycles. The molecule has 0 aliphatic rings. The minimum atomic E-state index is 0.182. The summed E-state index contributed by atoms with van der Waals surface area (Å²) in [6.07, 6.45) is 4.40. The zero-order valence-corrected chi connectivity index (χ0v) is 23.6. The molecule has 4 rings (SSSR count). The van der Waals surface area contributed by atoms with E-state index in [0.717, 1.165) is 54.9 Å². The highest BCUT2D eigenvalue weighted by atomic mass is 16.1. The fraction of sp³-hybridized carbons (Fsp3) is 0.333. The third kappa shape index (κ3) is 11.2. The number of aliphatic imine (C=N–C) groups is 1. The normalized spacial score (nSPS) is 9.53. The highest BCUT2D eigenvalue weighted by Gasteiger charge is 2.08. The van der Waals surface area contributed by atoms with Gasteiger partial charge in [0.2, 0.25) is 6.41 Å². The van der Waals surface area contributed by atoms with E-state index in [-0.39, 0.29) is 5.96 Å². The van der Waals surface area contributed by atoms with E-state index in [1.54, 1.807) is 18.1 Å². The first-order valence-electron chi connectivity index (χ1n) is 12.9. The first-order valence-corrected chi connectivity index (χ1v) is 12.9. The number of guanidine groups is 1. The molecule has 0 radical (unpaired) electrons. The average Bonchev–Trinajstić information content (AvgIpc) is 3.28. The highest BCUT2D eigenvalue weighted by molar-refractivity contribution is 5.81. The Labute approximate surface area is 227 Å². The smallest absolute Gasteiger partial charge is 0.209 e. The van der Waals surface area contributed by atoms with Gasteiger partial charge in [-0.2, -0.15) is 0 Å². The molecule has 4 N–H and O–H groups in total. The number of carbonyl (C=O) groups excluding carboxylic acids is 1. The van der Waals surface area contributed by atoms with Crippen molar-refractivity contribution >= 4 is 23.4 Å². The van der Waals surface area contributed by atoms with E-state index in [2.05, 4.69) is 58.8 Å². The number of hydrogen-bond acceptors (Lipinski definition) is 4. The predicted molar refractivity (Wildman–Crippen MR) is 160 cm³/mol. The Morgan fingerprint density at radius 1 is 1.05 bits per heavy atom. The molecule has 0 aliphatic carbocycles. The van der Waals surface area contributed by atoms with Gasteiger partial charge in [-0.25, -0.2) is 4.98 Å².